The molecule has 0 radical (unpaired) electrons. The van der Waals surface area contributed by atoms with Crippen LogP contribution in [0.2, 0.25) is 0 Å². The Bertz CT molecular complexity index is 690. The van der Waals surface area contributed by atoms with Gasteiger partial charge in [-0.15, -0.1) is 0 Å². The number of ether oxygens (including phenoxy) is 1. The van der Waals surface area contributed by atoms with Crippen molar-refractivity contribution in [3.63, 3.8) is 0 Å². The first-order valence-electron chi connectivity index (χ1n) is 7.77. The van der Waals surface area contributed by atoms with E-state index in [9.17, 15) is 18.8 Å². The molecule has 1 unspecified atom stereocenters. The molecule has 8 heteroatoms. The molecule has 134 valence electrons. The van der Waals surface area contributed by atoms with Crippen molar-refractivity contribution in [2.24, 2.45) is 0 Å². The molecule has 1 aromatic rings. The van der Waals surface area contributed by atoms with Gasteiger partial charge in [-0.3, -0.25) is 14.5 Å². The fourth-order valence-corrected chi connectivity index (χ4v) is 3.18. The molecule has 0 saturated carbocycles. The maximum atomic E-state index is 13.0. The minimum atomic E-state index is -0.551. The average molecular weight is 366 g/mol. The van der Waals surface area contributed by atoms with Crippen molar-refractivity contribution in [1.82, 2.24) is 10.2 Å². The van der Waals surface area contributed by atoms with Gasteiger partial charge >= 0.3 is 5.97 Å². The molecule has 2 amide bonds. The molecule has 1 heterocycles. The van der Waals surface area contributed by atoms with Crippen molar-refractivity contribution >= 4 is 29.5 Å². The lowest BCUT2D eigenvalue weighted by molar-refractivity contribution is -0.137. The second kappa shape index (κ2) is 8.66. The molecule has 1 aliphatic rings. The van der Waals surface area contributed by atoms with Crippen LogP contribution in [0.5, 0.6) is 0 Å². The van der Waals surface area contributed by atoms with Crippen LogP contribution in [0.1, 0.15) is 25.5 Å². The highest BCUT2D eigenvalue weighted by molar-refractivity contribution is 8.04. The van der Waals surface area contributed by atoms with Gasteiger partial charge in [-0.1, -0.05) is 23.9 Å². The summed E-state index contributed by atoms with van der Waals surface area (Å²) in [7, 11) is 0. The Hall–Kier alpha value is -2.35. The van der Waals surface area contributed by atoms with Crippen LogP contribution in [0.25, 0.3) is 0 Å². The Morgan fingerprint density at radius 1 is 1.40 bits per heavy atom. The molecule has 1 saturated heterocycles. The third-order valence-corrected chi connectivity index (χ3v) is 4.51. The van der Waals surface area contributed by atoms with E-state index in [1.54, 1.807) is 26.0 Å². The maximum Gasteiger partial charge on any atom is 0.333 e. The minimum Gasteiger partial charge on any atom is -0.463 e. The van der Waals surface area contributed by atoms with Crippen molar-refractivity contribution < 1.29 is 23.5 Å². The maximum absolute atomic E-state index is 13.0. The van der Waals surface area contributed by atoms with Crippen LogP contribution in [-0.4, -0.2) is 41.6 Å². The number of halogens is 1. The summed E-state index contributed by atoms with van der Waals surface area (Å²) in [4.78, 5) is 37.0. The largest absolute Gasteiger partial charge is 0.463 e. The summed E-state index contributed by atoms with van der Waals surface area (Å²) >= 11 is 1.19. The summed E-state index contributed by atoms with van der Waals surface area (Å²) in [5.74, 6) is -1.35. The molecule has 0 aliphatic carbocycles. The molecule has 1 fully saturated rings. The van der Waals surface area contributed by atoms with Gasteiger partial charge in [-0.2, -0.15) is 0 Å². The molecule has 1 aromatic carbocycles. The Kier molecular flexibility index (Phi) is 6.58. The van der Waals surface area contributed by atoms with Gasteiger partial charge in [0.1, 0.15) is 12.4 Å². The number of nitrogens with one attached hydrogen (secondary N) is 1. The van der Waals surface area contributed by atoms with Crippen molar-refractivity contribution in [3.05, 3.63) is 46.8 Å². The standard InChI is InChI=1S/C17H19FN2O4S/c1-3-24-17(23)8-16-20(15(22)10-25-16)9-14(21)19-11(2)12-4-6-13(18)7-5-12/h4-8,11H,3,9-10H2,1-2H3,(H,19,21)/b16-8+. The van der Waals surface area contributed by atoms with E-state index < -0.39 is 5.97 Å². The van der Waals surface area contributed by atoms with E-state index in [0.29, 0.717) is 5.03 Å². The monoisotopic (exact) mass is 366 g/mol. The number of amides is 2. The van der Waals surface area contributed by atoms with Gasteiger partial charge in [0, 0.05) is 0 Å². The van der Waals surface area contributed by atoms with E-state index in [-0.39, 0.29) is 42.6 Å². The molecule has 0 bridgehead atoms. The molecule has 2 rings (SSSR count). The van der Waals surface area contributed by atoms with Gasteiger partial charge in [0.05, 0.1) is 29.5 Å². The van der Waals surface area contributed by atoms with Crippen molar-refractivity contribution in [3.8, 4) is 0 Å². The predicted molar refractivity (Wildman–Crippen MR) is 91.8 cm³/mol. The fraction of sp³-hybridized carbons (Fsp3) is 0.353. The molecule has 25 heavy (non-hydrogen) atoms. The third kappa shape index (κ3) is 5.32. The van der Waals surface area contributed by atoms with Crippen molar-refractivity contribution in [2.45, 2.75) is 19.9 Å². The summed E-state index contributed by atoms with van der Waals surface area (Å²) in [6.45, 7) is 3.49. The van der Waals surface area contributed by atoms with Crippen LogP contribution < -0.4 is 5.32 Å². The zero-order chi connectivity index (χ0) is 18.4. The van der Waals surface area contributed by atoms with Crippen molar-refractivity contribution in [2.75, 3.05) is 18.9 Å². The van der Waals surface area contributed by atoms with E-state index in [4.69, 9.17) is 4.74 Å². The average Bonchev–Trinajstić information content (AvgIpc) is 2.88. The van der Waals surface area contributed by atoms with Gasteiger partial charge in [-0.05, 0) is 31.5 Å². The van der Waals surface area contributed by atoms with Gasteiger partial charge < -0.3 is 10.1 Å². The molecule has 0 spiro atoms. The number of nitrogens with zero attached hydrogens (tertiary/aromatic N) is 1. The lowest BCUT2D eigenvalue weighted by atomic mass is 10.1. The molecule has 6 nitrogen and oxygen atoms in total. The Labute approximate surface area is 149 Å². The van der Waals surface area contributed by atoms with Gasteiger partial charge in [0.15, 0.2) is 0 Å². The highest BCUT2D eigenvalue weighted by Gasteiger charge is 2.29. The zero-order valence-corrected chi connectivity index (χ0v) is 14.8. The van der Waals surface area contributed by atoms with Crippen LogP contribution in [0, 0.1) is 5.82 Å². The number of thioether (sulfide) groups is 1. The molecule has 1 N–H and O–H groups in total. The normalized spacial score (nSPS) is 16.8. The molecular formula is C17H19FN2O4S. The van der Waals surface area contributed by atoms with E-state index in [2.05, 4.69) is 5.32 Å². The van der Waals surface area contributed by atoms with Crippen LogP contribution in [0.4, 0.5) is 4.39 Å². The fourth-order valence-electron chi connectivity index (χ4n) is 2.25. The van der Waals surface area contributed by atoms with Crippen LogP contribution in [-0.2, 0) is 19.1 Å². The number of carbonyl (C=O) groups excluding carboxylic acids is 3. The minimum absolute atomic E-state index is 0.173. The number of carbonyl (C=O) groups is 3. The van der Waals surface area contributed by atoms with E-state index in [0.717, 1.165) is 5.56 Å². The molecule has 0 aromatic heterocycles. The first kappa shape index (κ1) is 19.0. The SMILES string of the molecule is CCOC(=O)/C=C1/SCC(=O)N1CC(=O)NC(C)c1ccc(F)cc1. The summed E-state index contributed by atoms with van der Waals surface area (Å²) in [5, 5.41) is 3.15. The highest BCUT2D eigenvalue weighted by atomic mass is 32.2. The van der Waals surface area contributed by atoms with Gasteiger partial charge in [0.25, 0.3) is 0 Å². The molecular weight excluding hydrogens is 347 g/mol. The number of rotatable bonds is 6. The van der Waals surface area contributed by atoms with Crippen LogP contribution >= 0.6 is 11.8 Å². The lowest BCUT2D eigenvalue weighted by Crippen LogP contribution is -2.38. The second-order valence-electron chi connectivity index (χ2n) is 5.34. The predicted octanol–water partition coefficient (Wildman–Crippen LogP) is 1.98. The lowest BCUT2D eigenvalue weighted by Gasteiger charge is -2.19. The Morgan fingerprint density at radius 3 is 2.72 bits per heavy atom. The number of benzene rings is 1. The first-order valence-corrected chi connectivity index (χ1v) is 8.75. The Morgan fingerprint density at radius 2 is 2.08 bits per heavy atom. The third-order valence-electron chi connectivity index (χ3n) is 3.49. The summed E-state index contributed by atoms with van der Waals surface area (Å²) < 4.78 is 17.8. The van der Waals surface area contributed by atoms with Crippen LogP contribution in [0.15, 0.2) is 35.4 Å². The number of hydrogen-bond acceptors (Lipinski definition) is 5. The van der Waals surface area contributed by atoms with Gasteiger partial charge in [-0.25, -0.2) is 9.18 Å². The topological polar surface area (TPSA) is 75.7 Å². The van der Waals surface area contributed by atoms with E-state index in [1.165, 1.54) is 34.9 Å². The van der Waals surface area contributed by atoms with Gasteiger partial charge in [0.2, 0.25) is 11.8 Å². The van der Waals surface area contributed by atoms with Crippen molar-refractivity contribution in [1.29, 1.82) is 0 Å². The smallest absolute Gasteiger partial charge is 0.333 e. The van der Waals surface area contributed by atoms with E-state index >= 15 is 0 Å². The van der Waals surface area contributed by atoms with Crippen LogP contribution in [0.3, 0.4) is 0 Å². The molecule has 1 atom stereocenters. The quantitative estimate of drug-likeness (QED) is 0.615. The summed E-state index contributed by atoms with van der Waals surface area (Å²) in [5.41, 5.74) is 0.749. The number of hydrogen-bond donors (Lipinski definition) is 1. The first-order chi connectivity index (χ1) is 11.9. The summed E-state index contributed by atoms with van der Waals surface area (Å²) in [6, 6.07) is 5.47. The highest BCUT2D eigenvalue weighted by Crippen LogP contribution is 2.28. The second-order valence-corrected chi connectivity index (χ2v) is 6.34. The Balaban J connectivity index is 1.98. The summed E-state index contributed by atoms with van der Waals surface area (Å²) in [6.07, 6.45) is 1.22. The number of esters is 1. The zero-order valence-electron chi connectivity index (χ0n) is 14.0. The van der Waals surface area contributed by atoms with E-state index in [1.807, 2.05) is 0 Å². The molecule has 1 aliphatic heterocycles.